The fourth-order valence-electron chi connectivity index (χ4n) is 2.16. The Morgan fingerprint density at radius 2 is 2.28 bits per heavy atom. The van der Waals surface area contributed by atoms with Gasteiger partial charge in [-0.3, -0.25) is 0 Å². The molecule has 0 aromatic carbocycles. The highest BCUT2D eigenvalue weighted by Crippen LogP contribution is 2.40. The zero-order valence-corrected chi connectivity index (χ0v) is 10.3. The summed E-state index contributed by atoms with van der Waals surface area (Å²) in [7, 11) is 1.71. The molecule has 2 rings (SSSR count). The van der Waals surface area contributed by atoms with E-state index in [4.69, 9.17) is 9.84 Å². The molecule has 0 saturated heterocycles. The van der Waals surface area contributed by atoms with E-state index in [0.29, 0.717) is 5.82 Å². The summed E-state index contributed by atoms with van der Waals surface area (Å²) in [6.07, 6.45) is 6.23. The molecule has 0 unspecified atom stereocenters. The van der Waals surface area contributed by atoms with Gasteiger partial charge in [0.2, 0.25) is 0 Å². The zero-order valence-electron chi connectivity index (χ0n) is 10.3. The van der Waals surface area contributed by atoms with Crippen LogP contribution in [0.3, 0.4) is 0 Å². The van der Waals surface area contributed by atoms with E-state index >= 15 is 0 Å². The van der Waals surface area contributed by atoms with E-state index in [1.54, 1.807) is 7.11 Å². The summed E-state index contributed by atoms with van der Waals surface area (Å²) in [6, 6.07) is 0. The van der Waals surface area contributed by atoms with Crippen LogP contribution in [0.4, 0.5) is 5.82 Å². The predicted molar refractivity (Wildman–Crippen MR) is 65.6 cm³/mol. The smallest absolute Gasteiger partial charge is 0.356 e. The van der Waals surface area contributed by atoms with Crippen molar-refractivity contribution in [2.75, 3.05) is 25.6 Å². The molecule has 0 aliphatic heterocycles. The number of aromatic nitrogens is 2. The molecule has 18 heavy (non-hydrogen) atoms. The Balaban J connectivity index is 1.91. The number of carboxylic acids is 1. The maximum Gasteiger partial charge on any atom is 0.356 e. The third-order valence-corrected chi connectivity index (χ3v) is 3.38. The third-order valence-electron chi connectivity index (χ3n) is 3.38. The van der Waals surface area contributed by atoms with Gasteiger partial charge in [0.1, 0.15) is 5.82 Å². The lowest BCUT2D eigenvalue weighted by molar-refractivity contribution is 0.0282. The van der Waals surface area contributed by atoms with E-state index in [-0.39, 0.29) is 11.1 Å². The minimum atomic E-state index is -1.07. The molecule has 0 bridgehead atoms. The second kappa shape index (κ2) is 5.30. The first-order valence-electron chi connectivity index (χ1n) is 5.93. The van der Waals surface area contributed by atoms with Gasteiger partial charge in [0.05, 0.1) is 19.0 Å². The van der Waals surface area contributed by atoms with Crippen molar-refractivity contribution in [2.24, 2.45) is 5.41 Å². The van der Waals surface area contributed by atoms with E-state index in [9.17, 15) is 4.79 Å². The van der Waals surface area contributed by atoms with Crippen LogP contribution in [0.15, 0.2) is 12.4 Å². The van der Waals surface area contributed by atoms with Gasteiger partial charge in [-0.25, -0.2) is 14.8 Å². The minimum absolute atomic E-state index is 0.0456. The van der Waals surface area contributed by atoms with Crippen molar-refractivity contribution in [1.82, 2.24) is 9.97 Å². The number of hydrogen-bond donors (Lipinski definition) is 2. The normalized spacial score (nSPS) is 16.9. The molecule has 98 valence electrons. The lowest BCUT2D eigenvalue weighted by Gasteiger charge is -2.41. The molecule has 0 radical (unpaired) electrons. The molecule has 6 heteroatoms. The van der Waals surface area contributed by atoms with Gasteiger partial charge in [0.15, 0.2) is 5.69 Å². The zero-order chi connectivity index (χ0) is 13.0. The fraction of sp³-hybridized carbons (Fsp3) is 0.583. The average Bonchev–Trinajstić information content (AvgIpc) is 2.33. The number of hydrogen-bond acceptors (Lipinski definition) is 5. The summed E-state index contributed by atoms with van der Waals surface area (Å²) < 4.78 is 5.23. The van der Waals surface area contributed by atoms with Gasteiger partial charge in [-0.2, -0.15) is 0 Å². The second-order valence-corrected chi connectivity index (χ2v) is 4.73. The molecule has 2 N–H and O–H groups in total. The number of carboxylic acid groups (broad SMARTS) is 1. The molecule has 6 nitrogen and oxygen atoms in total. The van der Waals surface area contributed by atoms with E-state index < -0.39 is 5.97 Å². The van der Waals surface area contributed by atoms with Crippen molar-refractivity contribution in [3.05, 3.63) is 18.1 Å². The van der Waals surface area contributed by atoms with E-state index in [1.165, 1.54) is 18.8 Å². The molecule has 1 aliphatic rings. The lowest BCUT2D eigenvalue weighted by Crippen LogP contribution is -2.40. The Morgan fingerprint density at radius 3 is 2.72 bits per heavy atom. The molecule has 1 aromatic heterocycles. The number of rotatable bonds is 6. The highest BCUT2D eigenvalue weighted by Gasteiger charge is 2.36. The van der Waals surface area contributed by atoms with E-state index in [2.05, 4.69) is 15.3 Å². The number of aromatic carboxylic acids is 1. The van der Waals surface area contributed by atoms with E-state index in [0.717, 1.165) is 26.0 Å². The second-order valence-electron chi connectivity index (χ2n) is 4.73. The molecule has 1 saturated carbocycles. The van der Waals surface area contributed by atoms with Gasteiger partial charge in [-0.15, -0.1) is 0 Å². The molecule has 0 atom stereocenters. The molecule has 0 amide bonds. The molecule has 1 heterocycles. The molecular weight excluding hydrogens is 234 g/mol. The topological polar surface area (TPSA) is 84.3 Å². The Morgan fingerprint density at radius 1 is 1.50 bits per heavy atom. The monoisotopic (exact) mass is 251 g/mol. The van der Waals surface area contributed by atoms with Crippen LogP contribution in [0, 0.1) is 5.41 Å². The van der Waals surface area contributed by atoms with Gasteiger partial charge in [-0.05, 0) is 12.8 Å². The fourth-order valence-corrected chi connectivity index (χ4v) is 2.16. The quantitative estimate of drug-likeness (QED) is 0.795. The van der Waals surface area contributed by atoms with Crippen LogP contribution >= 0.6 is 0 Å². The highest BCUT2D eigenvalue weighted by molar-refractivity contribution is 5.84. The van der Waals surface area contributed by atoms with Crippen molar-refractivity contribution in [2.45, 2.75) is 19.3 Å². The summed E-state index contributed by atoms with van der Waals surface area (Å²) in [4.78, 5) is 18.5. The van der Waals surface area contributed by atoms with Crippen molar-refractivity contribution < 1.29 is 14.6 Å². The number of carbonyl (C=O) groups is 1. The predicted octanol–water partition coefficient (Wildman–Crippen LogP) is 1.40. The molecule has 1 aromatic rings. The van der Waals surface area contributed by atoms with Crippen molar-refractivity contribution in [3.8, 4) is 0 Å². The van der Waals surface area contributed by atoms with Crippen LogP contribution in [-0.2, 0) is 4.74 Å². The van der Waals surface area contributed by atoms with Crippen LogP contribution < -0.4 is 5.32 Å². The van der Waals surface area contributed by atoms with Crippen molar-refractivity contribution >= 4 is 11.8 Å². The summed E-state index contributed by atoms with van der Waals surface area (Å²) in [6.45, 7) is 1.52. The Labute approximate surface area is 105 Å². The van der Waals surface area contributed by atoms with E-state index in [1.807, 2.05) is 0 Å². The summed E-state index contributed by atoms with van der Waals surface area (Å²) in [5.74, 6) is -0.466. The summed E-state index contributed by atoms with van der Waals surface area (Å²) >= 11 is 0. The van der Waals surface area contributed by atoms with Gasteiger partial charge in [-0.1, -0.05) is 6.42 Å². The largest absolute Gasteiger partial charge is 0.476 e. The van der Waals surface area contributed by atoms with Crippen LogP contribution in [0.2, 0.25) is 0 Å². The Kier molecular flexibility index (Phi) is 3.76. The van der Waals surface area contributed by atoms with Gasteiger partial charge >= 0.3 is 5.97 Å². The van der Waals surface area contributed by atoms with Gasteiger partial charge in [0.25, 0.3) is 0 Å². The highest BCUT2D eigenvalue weighted by atomic mass is 16.5. The first-order chi connectivity index (χ1) is 8.65. The maximum atomic E-state index is 10.6. The Bertz CT molecular complexity index is 415. The molecule has 0 spiro atoms. The van der Waals surface area contributed by atoms with Crippen LogP contribution in [0.1, 0.15) is 29.8 Å². The summed E-state index contributed by atoms with van der Waals surface area (Å²) in [5, 5.41) is 11.9. The maximum absolute atomic E-state index is 10.6. The SMILES string of the molecule is COCC1(CNc2cnc(C(=O)O)cn2)CCC1. The molecule has 1 aliphatic carbocycles. The third kappa shape index (κ3) is 2.76. The summed E-state index contributed by atoms with van der Waals surface area (Å²) in [5.41, 5.74) is 0.151. The minimum Gasteiger partial charge on any atom is -0.476 e. The van der Waals surface area contributed by atoms with Crippen LogP contribution in [0.25, 0.3) is 0 Å². The Hall–Kier alpha value is -1.69. The van der Waals surface area contributed by atoms with Crippen LogP contribution in [0.5, 0.6) is 0 Å². The first-order valence-corrected chi connectivity index (χ1v) is 5.93. The van der Waals surface area contributed by atoms with Crippen molar-refractivity contribution in [3.63, 3.8) is 0 Å². The number of nitrogens with zero attached hydrogens (tertiary/aromatic N) is 2. The van der Waals surface area contributed by atoms with Gasteiger partial charge in [0, 0.05) is 19.1 Å². The lowest BCUT2D eigenvalue weighted by atomic mass is 9.69. The first kappa shape index (κ1) is 12.8. The standard InChI is InChI=1S/C12H17N3O3/c1-18-8-12(3-2-4-12)7-15-10-6-13-9(5-14-10)11(16)17/h5-6H,2-4,7-8H2,1H3,(H,14,15)(H,16,17). The van der Waals surface area contributed by atoms with Gasteiger partial charge < -0.3 is 15.2 Å². The van der Waals surface area contributed by atoms with Crippen molar-refractivity contribution in [1.29, 1.82) is 0 Å². The number of ether oxygens (including phenoxy) is 1. The van der Waals surface area contributed by atoms with Crippen LogP contribution in [-0.4, -0.2) is 41.3 Å². The average molecular weight is 251 g/mol. The number of methoxy groups -OCH3 is 1. The molecule has 1 fully saturated rings. The molecular formula is C12H17N3O3. The number of anilines is 1. The number of nitrogens with one attached hydrogen (secondary N) is 1.